The van der Waals surface area contributed by atoms with Crippen LogP contribution in [-0.2, 0) is 5.41 Å². The van der Waals surface area contributed by atoms with Crippen LogP contribution in [0.25, 0.3) is 0 Å². The zero-order chi connectivity index (χ0) is 12.3. The lowest BCUT2D eigenvalue weighted by Crippen LogP contribution is -2.24. The molecule has 0 amide bonds. The Kier molecular flexibility index (Phi) is 4.49. The molecule has 0 nitrogen and oxygen atoms in total. The van der Waals surface area contributed by atoms with Crippen molar-refractivity contribution in [1.29, 1.82) is 0 Å². The molecular formula is C15H24S. The summed E-state index contributed by atoms with van der Waals surface area (Å²) in [7, 11) is 0. The molecule has 0 saturated carbocycles. The summed E-state index contributed by atoms with van der Waals surface area (Å²) in [5.41, 5.74) is 2.99. The van der Waals surface area contributed by atoms with Gasteiger partial charge in [0.1, 0.15) is 0 Å². The van der Waals surface area contributed by atoms with E-state index in [1.807, 2.05) is 0 Å². The Bertz CT molecular complexity index is 322. The highest BCUT2D eigenvalue weighted by Gasteiger charge is 2.24. The normalized spacial score (nSPS) is 14.2. The number of benzene rings is 1. The maximum absolute atomic E-state index is 4.57. The molecule has 0 heterocycles. The highest BCUT2D eigenvalue weighted by Crippen LogP contribution is 2.32. The van der Waals surface area contributed by atoms with Crippen LogP contribution in [-0.4, -0.2) is 0 Å². The third kappa shape index (κ3) is 2.82. The fraction of sp³-hybridized carbons (Fsp3) is 0.600. The van der Waals surface area contributed by atoms with Crippen LogP contribution in [0.1, 0.15) is 57.4 Å². The van der Waals surface area contributed by atoms with E-state index in [1.165, 1.54) is 11.1 Å². The maximum atomic E-state index is 4.57. The second-order valence-electron chi connectivity index (χ2n) is 5.42. The van der Waals surface area contributed by atoms with Crippen LogP contribution in [0.4, 0.5) is 0 Å². The molecule has 1 aromatic rings. The molecule has 1 rings (SSSR count). The van der Waals surface area contributed by atoms with Gasteiger partial charge in [-0.25, -0.2) is 0 Å². The van der Waals surface area contributed by atoms with Gasteiger partial charge < -0.3 is 0 Å². The molecule has 0 aliphatic rings. The highest BCUT2D eigenvalue weighted by atomic mass is 32.1. The lowest BCUT2D eigenvalue weighted by Gasteiger charge is -2.30. The molecule has 1 heteroatoms. The fourth-order valence-electron chi connectivity index (χ4n) is 1.70. The van der Waals surface area contributed by atoms with Crippen LogP contribution in [0.3, 0.4) is 0 Å². The van der Waals surface area contributed by atoms with Crippen molar-refractivity contribution in [2.45, 2.75) is 51.7 Å². The first-order valence-corrected chi connectivity index (χ1v) is 6.69. The van der Waals surface area contributed by atoms with Crippen LogP contribution in [0.15, 0.2) is 24.3 Å². The van der Waals surface area contributed by atoms with Crippen molar-refractivity contribution < 1.29 is 0 Å². The molecule has 0 aromatic heterocycles. The van der Waals surface area contributed by atoms with Gasteiger partial charge in [0.15, 0.2) is 0 Å². The summed E-state index contributed by atoms with van der Waals surface area (Å²) in [6.45, 7) is 11.3. The van der Waals surface area contributed by atoms with E-state index in [0.29, 0.717) is 11.2 Å². The SMILES string of the molecule is CCC(S)c1ccc(C(C)(C)C(C)C)cc1. The summed E-state index contributed by atoms with van der Waals surface area (Å²) in [4.78, 5) is 0. The predicted molar refractivity (Wildman–Crippen MR) is 76.3 cm³/mol. The quantitative estimate of drug-likeness (QED) is 0.699. The molecule has 0 aliphatic carbocycles. The summed E-state index contributed by atoms with van der Waals surface area (Å²) in [5.74, 6) is 0.649. The van der Waals surface area contributed by atoms with Crippen LogP contribution in [0.5, 0.6) is 0 Å². The Morgan fingerprint density at radius 2 is 1.62 bits per heavy atom. The molecule has 16 heavy (non-hydrogen) atoms. The van der Waals surface area contributed by atoms with Gasteiger partial charge in [-0.3, -0.25) is 0 Å². The zero-order valence-corrected chi connectivity index (χ0v) is 12.0. The van der Waals surface area contributed by atoms with Crippen LogP contribution in [0, 0.1) is 5.92 Å². The Labute approximate surface area is 106 Å². The van der Waals surface area contributed by atoms with Crippen molar-refractivity contribution in [2.75, 3.05) is 0 Å². The van der Waals surface area contributed by atoms with E-state index in [2.05, 4.69) is 71.5 Å². The van der Waals surface area contributed by atoms with E-state index >= 15 is 0 Å². The van der Waals surface area contributed by atoms with Gasteiger partial charge in [0.2, 0.25) is 0 Å². The third-order valence-electron chi connectivity index (χ3n) is 3.87. The second kappa shape index (κ2) is 5.27. The van der Waals surface area contributed by atoms with Crippen LogP contribution < -0.4 is 0 Å². The monoisotopic (exact) mass is 236 g/mol. The molecule has 90 valence electrons. The van der Waals surface area contributed by atoms with Crippen molar-refractivity contribution in [1.82, 2.24) is 0 Å². The lowest BCUT2D eigenvalue weighted by atomic mass is 9.75. The van der Waals surface area contributed by atoms with E-state index in [0.717, 1.165) is 6.42 Å². The van der Waals surface area contributed by atoms with Crippen molar-refractivity contribution >= 4 is 12.6 Å². The first kappa shape index (κ1) is 13.6. The summed E-state index contributed by atoms with van der Waals surface area (Å²) in [5, 5.41) is 0.371. The van der Waals surface area contributed by atoms with Gasteiger partial charge in [-0.15, -0.1) is 0 Å². The Hall–Kier alpha value is -0.430. The van der Waals surface area contributed by atoms with Gasteiger partial charge in [0, 0.05) is 5.25 Å². The molecule has 1 unspecified atom stereocenters. The van der Waals surface area contributed by atoms with Crippen molar-refractivity contribution in [3.63, 3.8) is 0 Å². The Balaban J connectivity index is 2.95. The maximum Gasteiger partial charge on any atom is 0.0264 e. The number of thiol groups is 1. The minimum absolute atomic E-state index is 0.247. The van der Waals surface area contributed by atoms with Crippen molar-refractivity contribution in [2.24, 2.45) is 5.92 Å². The van der Waals surface area contributed by atoms with E-state index < -0.39 is 0 Å². The van der Waals surface area contributed by atoms with Gasteiger partial charge >= 0.3 is 0 Å². The van der Waals surface area contributed by atoms with Gasteiger partial charge in [-0.1, -0.05) is 58.9 Å². The van der Waals surface area contributed by atoms with Gasteiger partial charge in [-0.2, -0.15) is 12.6 Å². The summed E-state index contributed by atoms with van der Waals surface area (Å²) in [6.07, 6.45) is 1.08. The minimum Gasteiger partial charge on any atom is -0.171 e. The standard InChI is InChI=1S/C15H24S/c1-6-14(16)12-7-9-13(10-8-12)15(4,5)11(2)3/h7-11,14,16H,6H2,1-5H3. The van der Waals surface area contributed by atoms with E-state index in [9.17, 15) is 0 Å². The predicted octanol–water partition coefficient (Wildman–Crippen LogP) is 5.00. The molecular weight excluding hydrogens is 212 g/mol. The molecule has 1 aromatic carbocycles. The summed E-state index contributed by atoms with van der Waals surface area (Å²) >= 11 is 4.57. The number of hydrogen-bond donors (Lipinski definition) is 1. The second-order valence-corrected chi connectivity index (χ2v) is 6.05. The minimum atomic E-state index is 0.247. The topological polar surface area (TPSA) is 0 Å². The van der Waals surface area contributed by atoms with Crippen molar-refractivity contribution in [3.8, 4) is 0 Å². The van der Waals surface area contributed by atoms with E-state index in [1.54, 1.807) is 0 Å². The molecule has 0 N–H and O–H groups in total. The average Bonchev–Trinajstić information content (AvgIpc) is 2.28. The zero-order valence-electron chi connectivity index (χ0n) is 11.1. The average molecular weight is 236 g/mol. The molecule has 0 fully saturated rings. The summed E-state index contributed by atoms with van der Waals surface area (Å²) < 4.78 is 0. The van der Waals surface area contributed by atoms with Gasteiger partial charge in [0.25, 0.3) is 0 Å². The molecule has 0 bridgehead atoms. The molecule has 0 radical (unpaired) electrons. The van der Waals surface area contributed by atoms with E-state index in [-0.39, 0.29) is 5.41 Å². The van der Waals surface area contributed by atoms with E-state index in [4.69, 9.17) is 0 Å². The first-order chi connectivity index (χ1) is 7.39. The third-order valence-corrected chi connectivity index (χ3v) is 4.53. The van der Waals surface area contributed by atoms with Gasteiger partial charge in [-0.05, 0) is 28.9 Å². The van der Waals surface area contributed by atoms with Crippen molar-refractivity contribution in [3.05, 3.63) is 35.4 Å². The molecule has 1 atom stereocenters. The van der Waals surface area contributed by atoms with Crippen LogP contribution in [0.2, 0.25) is 0 Å². The summed E-state index contributed by atoms with van der Waals surface area (Å²) in [6, 6.07) is 8.96. The lowest BCUT2D eigenvalue weighted by molar-refractivity contribution is 0.372. The largest absolute Gasteiger partial charge is 0.171 e. The fourth-order valence-corrected chi connectivity index (χ4v) is 1.88. The Morgan fingerprint density at radius 1 is 1.12 bits per heavy atom. The number of hydrogen-bond acceptors (Lipinski definition) is 1. The van der Waals surface area contributed by atoms with Gasteiger partial charge in [0.05, 0.1) is 0 Å². The molecule has 0 saturated heterocycles. The smallest absolute Gasteiger partial charge is 0.0264 e. The Morgan fingerprint density at radius 3 is 2.00 bits per heavy atom. The molecule has 0 spiro atoms. The first-order valence-electron chi connectivity index (χ1n) is 6.18. The molecule has 0 aliphatic heterocycles. The number of rotatable bonds is 4. The highest BCUT2D eigenvalue weighted by molar-refractivity contribution is 7.80. The van der Waals surface area contributed by atoms with Crippen LogP contribution >= 0.6 is 12.6 Å².